The van der Waals surface area contributed by atoms with E-state index in [1.807, 2.05) is 30.4 Å². The fourth-order valence-corrected chi connectivity index (χ4v) is 6.19. The molecular weight excluding hydrogens is 296 g/mol. The number of thioether (sulfide) groups is 2. The molecule has 0 amide bonds. The van der Waals surface area contributed by atoms with Crippen LogP contribution in [0, 0.1) is 5.92 Å². The second kappa shape index (κ2) is 8.25. The highest BCUT2D eigenvalue weighted by atomic mass is 32.2. The molecule has 1 aliphatic heterocycles. The van der Waals surface area contributed by atoms with Gasteiger partial charge in [0.2, 0.25) is 0 Å². The van der Waals surface area contributed by atoms with E-state index < -0.39 is 5.79 Å². The molecular formula is C14H28O4S2. The van der Waals surface area contributed by atoms with Crippen LogP contribution in [-0.2, 0) is 18.9 Å². The zero-order valence-electron chi connectivity index (χ0n) is 13.4. The van der Waals surface area contributed by atoms with Crippen molar-refractivity contribution in [3.8, 4) is 0 Å². The molecule has 0 radical (unpaired) electrons. The van der Waals surface area contributed by atoms with E-state index in [-0.39, 0.29) is 16.3 Å². The van der Waals surface area contributed by atoms with Crippen LogP contribution in [0.15, 0.2) is 0 Å². The van der Waals surface area contributed by atoms with Crippen LogP contribution in [0.5, 0.6) is 0 Å². The molecule has 0 aromatic rings. The van der Waals surface area contributed by atoms with E-state index in [0.717, 1.165) is 17.9 Å². The first-order valence-electron chi connectivity index (χ1n) is 6.91. The molecule has 0 N–H and O–H groups in total. The minimum Gasteiger partial charge on any atom is -0.356 e. The lowest BCUT2D eigenvalue weighted by Crippen LogP contribution is -2.50. The molecule has 0 bridgehead atoms. The normalized spacial score (nSPS) is 21.1. The highest BCUT2D eigenvalue weighted by Gasteiger charge is 2.50. The Balaban J connectivity index is 2.97. The van der Waals surface area contributed by atoms with E-state index in [0.29, 0.717) is 0 Å². The molecule has 0 aromatic heterocycles. The molecule has 1 fully saturated rings. The van der Waals surface area contributed by atoms with E-state index in [4.69, 9.17) is 18.9 Å². The molecule has 4 nitrogen and oxygen atoms in total. The Morgan fingerprint density at radius 2 is 1.55 bits per heavy atom. The third-order valence-electron chi connectivity index (χ3n) is 4.22. The Kier molecular flexibility index (Phi) is 7.66. The number of methoxy groups -OCH3 is 4. The topological polar surface area (TPSA) is 36.9 Å². The van der Waals surface area contributed by atoms with Gasteiger partial charge in [-0.2, -0.15) is 0 Å². The van der Waals surface area contributed by atoms with Gasteiger partial charge in [-0.3, -0.25) is 0 Å². The first-order valence-corrected chi connectivity index (χ1v) is 8.89. The molecule has 1 aliphatic rings. The van der Waals surface area contributed by atoms with Crippen molar-refractivity contribution >= 4 is 23.5 Å². The monoisotopic (exact) mass is 324 g/mol. The van der Waals surface area contributed by atoms with E-state index >= 15 is 0 Å². The van der Waals surface area contributed by atoms with Gasteiger partial charge in [0.05, 0.1) is 4.08 Å². The molecule has 0 aromatic carbocycles. The van der Waals surface area contributed by atoms with Crippen LogP contribution in [0.3, 0.4) is 0 Å². The molecule has 1 unspecified atom stereocenters. The summed E-state index contributed by atoms with van der Waals surface area (Å²) in [6, 6.07) is 0. The zero-order chi connectivity index (χ0) is 15.2. The van der Waals surface area contributed by atoms with E-state index in [1.165, 1.54) is 6.42 Å². The fraction of sp³-hybridized carbons (Fsp3) is 1.00. The van der Waals surface area contributed by atoms with Crippen LogP contribution in [-0.4, -0.2) is 56.1 Å². The van der Waals surface area contributed by atoms with Crippen molar-refractivity contribution in [1.82, 2.24) is 0 Å². The summed E-state index contributed by atoms with van der Waals surface area (Å²) in [5.74, 6) is 1.90. The van der Waals surface area contributed by atoms with Crippen LogP contribution in [0.4, 0.5) is 0 Å². The summed E-state index contributed by atoms with van der Waals surface area (Å²) < 4.78 is 22.1. The highest BCUT2D eigenvalue weighted by molar-refractivity contribution is 8.18. The van der Waals surface area contributed by atoms with Crippen molar-refractivity contribution in [2.75, 3.05) is 39.9 Å². The molecule has 1 rings (SSSR count). The Bertz CT molecular complexity index is 274. The number of hydrogen-bond donors (Lipinski definition) is 0. The molecule has 1 heterocycles. The van der Waals surface area contributed by atoms with Crippen molar-refractivity contribution in [2.24, 2.45) is 5.92 Å². The second-order valence-corrected chi connectivity index (χ2v) is 8.22. The maximum Gasteiger partial charge on any atom is 0.169 e. The van der Waals surface area contributed by atoms with Crippen LogP contribution in [0.1, 0.15) is 26.7 Å². The smallest absolute Gasteiger partial charge is 0.169 e. The molecule has 20 heavy (non-hydrogen) atoms. The summed E-state index contributed by atoms with van der Waals surface area (Å²) in [6.45, 7) is 4.20. The molecule has 6 heteroatoms. The van der Waals surface area contributed by atoms with Gasteiger partial charge in [-0.25, -0.2) is 0 Å². The summed E-state index contributed by atoms with van der Waals surface area (Å²) in [7, 11) is 6.79. The predicted octanol–water partition coefficient (Wildman–Crippen LogP) is 3.21. The van der Waals surface area contributed by atoms with Gasteiger partial charge in [0, 0.05) is 40.8 Å². The first-order chi connectivity index (χ1) is 9.48. The van der Waals surface area contributed by atoms with Gasteiger partial charge in [0.25, 0.3) is 0 Å². The average molecular weight is 325 g/mol. The SMILES string of the molecule is COC(CC1(C(C)C(C)(OC)OC)SCCCS1)OC. The van der Waals surface area contributed by atoms with Gasteiger partial charge in [-0.15, -0.1) is 23.5 Å². The van der Waals surface area contributed by atoms with Gasteiger partial charge in [-0.05, 0) is 24.9 Å². The van der Waals surface area contributed by atoms with Gasteiger partial charge < -0.3 is 18.9 Å². The summed E-state index contributed by atoms with van der Waals surface area (Å²) >= 11 is 3.96. The summed E-state index contributed by atoms with van der Waals surface area (Å²) in [5.41, 5.74) is 0. The van der Waals surface area contributed by atoms with E-state index in [9.17, 15) is 0 Å². The Morgan fingerprint density at radius 1 is 1.05 bits per heavy atom. The van der Waals surface area contributed by atoms with Crippen LogP contribution < -0.4 is 0 Å². The van der Waals surface area contributed by atoms with E-state index in [2.05, 4.69) is 6.92 Å². The Labute approximate surface area is 131 Å². The molecule has 1 saturated heterocycles. The van der Waals surface area contributed by atoms with Crippen LogP contribution >= 0.6 is 23.5 Å². The Morgan fingerprint density at radius 3 is 1.95 bits per heavy atom. The highest BCUT2D eigenvalue weighted by Crippen LogP contribution is 2.54. The van der Waals surface area contributed by atoms with Crippen LogP contribution in [0.2, 0.25) is 0 Å². The summed E-state index contributed by atoms with van der Waals surface area (Å²) in [4.78, 5) is 0. The van der Waals surface area contributed by atoms with Crippen molar-refractivity contribution < 1.29 is 18.9 Å². The quantitative estimate of drug-likeness (QED) is 0.638. The third-order valence-corrected chi connectivity index (χ3v) is 7.93. The lowest BCUT2D eigenvalue weighted by molar-refractivity contribution is -0.228. The average Bonchev–Trinajstić information content (AvgIpc) is 2.52. The van der Waals surface area contributed by atoms with E-state index in [1.54, 1.807) is 28.4 Å². The van der Waals surface area contributed by atoms with Gasteiger partial charge in [0.15, 0.2) is 12.1 Å². The van der Waals surface area contributed by atoms with Gasteiger partial charge in [0.1, 0.15) is 0 Å². The van der Waals surface area contributed by atoms with Gasteiger partial charge in [-0.1, -0.05) is 6.92 Å². The standard InChI is InChI=1S/C14H28O4S2/c1-11(13(2,17-5)18-6)14(10-12(15-3)16-4)19-8-7-9-20-14/h11-12H,7-10H2,1-6H3. The number of ether oxygens (including phenoxy) is 4. The minimum atomic E-state index is -0.608. The third kappa shape index (κ3) is 4.05. The lowest BCUT2D eigenvalue weighted by Gasteiger charge is -2.48. The van der Waals surface area contributed by atoms with Crippen LogP contribution in [0.25, 0.3) is 0 Å². The Hall–Kier alpha value is 0.540. The largest absolute Gasteiger partial charge is 0.356 e. The zero-order valence-corrected chi connectivity index (χ0v) is 15.1. The molecule has 0 saturated carbocycles. The second-order valence-electron chi connectivity index (χ2n) is 5.11. The minimum absolute atomic E-state index is 0.0181. The summed E-state index contributed by atoms with van der Waals surface area (Å²) in [6.07, 6.45) is 1.86. The maximum atomic E-state index is 5.65. The molecule has 1 atom stereocenters. The fourth-order valence-electron chi connectivity index (χ4n) is 2.47. The number of hydrogen-bond acceptors (Lipinski definition) is 6. The summed E-state index contributed by atoms with van der Waals surface area (Å²) in [5, 5.41) is 0. The first kappa shape index (κ1) is 18.6. The molecule has 0 aliphatic carbocycles. The van der Waals surface area contributed by atoms with Crippen molar-refractivity contribution in [1.29, 1.82) is 0 Å². The predicted molar refractivity (Wildman–Crippen MR) is 86.3 cm³/mol. The van der Waals surface area contributed by atoms with Gasteiger partial charge >= 0.3 is 0 Å². The van der Waals surface area contributed by atoms with Crippen molar-refractivity contribution in [3.63, 3.8) is 0 Å². The molecule has 120 valence electrons. The molecule has 0 spiro atoms. The maximum absolute atomic E-state index is 5.65. The van der Waals surface area contributed by atoms with Crippen molar-refractivity contribution in [2.45, 2.75) is 42.8 Å². The number of rotatable bonds is 8. The van der Waals surface area contributed by atoms with Crippen molar-refractivity contribution in [3.05, 3.63) is 0 Å². The lowest BCUT2D eigenvalue weighted by atomic mass is 9.94.